The van der Waals surface area contributed by atoms with Gasteiger partial charge in [0.2, 0.25) is 5.91 Å². The lowest BCUT2D eigenvalue weighted by molar-refractivity contribution is -0.115. The number of halogens is 2. The van der Waals surface area contributed by atoms with Gasteiger partial charge in [0.15, 0.2) is 5.82 Å². The van der Waals surface area contributed by atoms with E-state index in [-0.39, 0.29) is 24.0 Å². The van der Waals surface area contributed by atoms with Gasteiger partial charge >= 0.3 is 0 Å². The van der Waals surface area contributed by atoms with Crippen LogP contribution < -0.4 is 10.6 Å². The summed E-state index contributed by atoms with van der Waals surface area (Å²) in [7, 11) is 0. The van der Waals surface area contributed by atoms with E-state index in [1.165, 1.54) is 24.3 Å². The smallest absolute Gasteiger partial charge is 0.229 e. The highest BCUT2D eigenvalue weighted by molar-refractivity contribution is 5.91. The summed E-state index contributed by atoms with van der Waals surface area (Å²) in [5.41, 5.74) is 1.72. The highest BCUT2D eigenvalue weighted by Gasteiger charge is 2.06. The van der Waals surface area contributed by atoms with E-state index in [1.807, 2.05) is 0 Å². The Bertz CT molecular complexity index is 881. The summed E-state index contributed by atoms with van der Waals surface area (Å²) in [5, 5.41) is 13.7. The van der Waals surface area contributed by atoms with Gasteiger partial charge in [0.05, 0.1) is 6.42 Å². The van der Waals surface area contributed by atoms with Crippen LogP contribution in [0.15, 0.2) is 60.7 Å². The van der Waals surface area contributed by atoms with Gasteiger partial charge in [0, 0.05) is 6.54 Å². The summed E-state index contributed by atoms with van der Waals surface area (Å²) in [6, 6.07) is 15.5. The molecule has 0 radical (unpaired) electrons. The molecule has 1 heterocycles. The van der Waals surface area contributed by atoms with E-state index in [4.69, 9.17) is 0 Å². The Morgan fingerprint density at radius 1 is 0.778 bits per heavy atom. The normalized spacial score (nSPS) is 10.4. The number of hydrogen-bond acceptors (Lipinski definition) is 4. The molecular formula is C20H18F2N4O. The molecule has 0 aliphatic heterocycles. The molecule has 2 N–H and O–H groups in total. The number of anilines is 2. The zero-order valence-electron chi connectivity index (χ0n) is 14.5. The van der Waals surface area contributed by atoms with Crippen LogP contribution in [0.2, 0.25) is 0 Å². The second-order valence-electron chi connectivity index (χ2n) is 5.96. The highest BCUT2D eigenvalue weighted by Crippen LogP contribution is 2.09. The first-order valence-electron chi connectivity index (χ1n) is 8.45. The van der Waals surface area contributed by atoms with Crippen LogP contribution in [0.3, 0.4) is 0 Å². The van der Waals surface area contributed by atoms with Crippen molar-refractivity contribution >= 4 is 17.5 Å². The summed E-state index contributed by atoms with van der Waals surface area (Å²) >= 11 is 0. The van der Waals surface area contributed by atoms with E-state index in [2.05, 4.69) is 20.8 Å². The Morgan fingerprint density at radius 2 is 1.33 bits per heavy atom. The molecule has 0 bridgehead atoms. The number of rotatable bonds is 7. The Labute approximate surface area is 155 Å². The third-order valence-corrected chi connectivity index (χ3v) is 3.84. The van der Waals surface area contributed by atoms with Crippen LogP contribution in [0.25, 0.3) is 0 Å². The fourth-order valence-corrected chi connectivity index (χ4v) is 2.45. The number of carbonyl (C=O) groups is 1. The minimum Gasteiger partial charge on any atom is -0.368 e. The molecule has 0 aliphatic carbocycles. The van der Waals surface area contributed by atoms with Gasteiger partial charge in [-0.3, -0.25) is 4.79 Å². The lowest BCUT2D eigenvalue weighted by Crippen LogP contribution is -2.16. The summed E-state index contributed by atoms with van der Waals surface area (Å²) in [6.07, 6.45) is 0.845. The maximum Gasteiger partial charge on any atom is 0.229 e. The summed E-state index contributed by atoms with van der Waals surface area (Å²) in [4.78, 5) is 12.0. The predicted molar refractivity (Wildman–Crippen MR) is 99.4 cm³/mol. The second kappa shape index (κ2) is 8.84. The van der Waals surface area contributed by atoms with Crippen molar-refractivity contribution in [1.82, 2.24) is 10.2 Å². The first-order valence-corrected chi connectivity index (χ1v) is 8.45. The molecule has 2 aromatic carbocycles. The quantitative estimate of drug-likeness (QED) is 0.669. The maximum atomic E-state index is 12.9. The van der Waals surface area contributed by atoms with Crippen molar-refractivity contribution in [2.24, 2.45) is 0 Å². The minimum atomic E-state index is -0.340. The number of nitrogens with zero attached hydrogens (tertiary/aromatic N) is 2. The molecule has 0 aliphatic rings. The SMILES string of the molecule is O=C(Cc1ccc(F)cc1)Nc1ccc(NCCc2ccc(F)cc2)nn1. The molecule has 0 atom stereocenters. The molecular weight excluding hydrogens is 350 g/mol. The molecule has 138 valence electrons. The van der Waals surface area contributed by atoms with Crippen LogP contribution in [-0.4, -0.2) is 22.6 Å². The van der Waals surface area contributed by atoms with Gasteiger partial charge < -0.3 is 10.6 Å². The van der Waals surface area contributed by atoms with Crippen LogP contribution in [-0.2, 0) is 17.6 Å². The first-order chi connectivity index (χ1) is 13.1. The number of carbonyl (C=O) groups excluding carboxylic acids is 1. The van der Waals surface area contributed by atoms with Crippen molar-refractivity contribution in [2.45, 2.75) is 12.8 Å². The third kappa shape index (κ3) is 5.85. The Balaban J connectivity index is 1.45. The van der Waals surface area contributed by atoms with Gasteiger partial charge in [0.1, 0.15) is 17.5 Å². The van der Waals surface area contributed by atoms with E-state index in [1.54, 1.807) is 36.4 Å². The fraction of sp³-hybridized carbons (Fsp3) is 0.150. The number of hydrogen-bond donors (Lipinski definition) is 2. The summed E-state index contributed by atoms with van der Waals surface area (Å²) < 4.78 is 25.7. The molecule has 3 rings (SSSR count). The fourth-order valence-electron chi connectivity index (χ4n) is 2.45. The molecule has 0 saturated carbocycles. The van der Waals surface area contributed by atoms with Crippen LogP contribution in [0.1, 0.15) is 11.1 Å². The zero-order valence-corrected chi connectivity index (χ0v) is 14.5. The van der Waals surface area contributed by atoms with Crippen molar-refractivity contribution in [1.29, 1.82) is 0 Å². The number of benzene rings is 2. The van der Waals surface area contributed by atoms with Gasteiger partial charge in [-0.05, 0) is 53.9 Å². The largest absolute Gasteiger partial charge is 0.368 e. The molecule has 0 unspecified atom stereocenters. The van der Waals surface area contributed by atoms with Crippen molar-refractivity contribution in [3.05, 3.63) is 83.4 Å². The topological polar surface area (TPSA) is 66.9 Å². The van der Waals surface area contributed by atoms with Gasteiger partial charge in [0.25, 0.3) is 0 Å². The van der Waals surface area contributed by atoms with E-state index < -0.39 is 0 Å². The average molecular weight is 368 g/mol. The Morgan fingerprint density at radius 3 is 1.93 bits per heavy atom. The average Bonchev–Trinajstić information content (AvgIpc) is 2.67. The molecule has 27 heavy (non-hydrogen) atoms. The molecule has 0 fully saturated rings. The lowest BCUT2D eigenvalue weighted by Gasteiger charge is -2.07. The van der Waals surface area contributed by atoms with Crippen molar-refractivity contribution in [3.63, 3.8) is 0 Å². The third-order valence-electron chi connectivity index (χ3n) is 3.84. The lowest BCUT2D eigenvalue weighted by atomic mass is 10.1. The predicted octanol–water partition coefficient (Wildman–Crippen LogP) is 3.59. The van der Waals surface area contributed by atoms with E-state index in [0.717, 1.165) is 12.0 Å². The van der Waals surface area contributed by atoms with Gasteiger partial charge in [-0.2, -0.15) is 0 Å². The standard InChI is InChI=1S/C20H18F2N4O/c21-16-5-1-14(2-6-16)11-12-23-18-9-10-19(26-25-18)24-20(27)13-15-3-7-17(22)8-4-15/h1-10H,11-13H2,(H,23,25)(H,24,26,27). The summed E-state index contributed by atoms with van der Waals surface area (Å²) in [5.74, 6) is 0.0648. The summed E-state index contributed by atoms with van der Waals surface area (Å²) in [6.45, 7) is 0.622. The molecule has 7 heteroatoms. The van der Waals surface area contributed by atoms with Crippen LogP contribution in [0.4, 0.5) is 20.4 Å². The molecule has 0 saturated heterocycles. The maximum absolute atomic E-state index is 12.9. The number of aromatic nitrogens is 2. The number of amides is 1. The second-order valence-corrected chi connectivity index (χ2v) is 5.96. The molecule has 1 aromatic heterocycles. The van der Waals surface area contributed by atoms with Crippen molar-refractivity contribution in [3.8, 4) is 0 Å². The van der Waals surface area contributed by atoms with Crippen molar-refractivity contribution in [2.75, 3.05) is 17.2 Å². The van der Waals surface area contributed by atoms with Crippen LogP contribution >= 0.6 is 0 Å². The Kier molecular flexibility index (Phi) is 6.04. The van der Waals surface area contributed by atoms with E-state index in [0.29, 0.717) is 23.7 Å². The first kappa shape index (κ1) is 18.4. The van der Waals surface area contributed by atoms with Gasteiger partial charge in [-0.25, -0.2) is 8.78 Å². The van der Waals surface area contributed by atoms with Crippen molar-refractivity contribution < 1.29 is 13.6 Å². The van der Waals surface area contributed by atoms with E-state index >= 15 is 0 Å². The van der Waals surface area contributed by atoms with E-state index in [9.17, 15) is 13.6 Å². The zero-order chi connectivity index (χ0) is 19.1. The van der Waals surface area contributed by atoms with Crippen LogP contribution in [0, 0.1) is 11.6 Å². The minimum absolute atomic E-state index is 0.125. The Hall–Kier alpha value is -3.35. The van der Waals surface area contributed by atoms with Gasteiger partial charge in [-0.1, -0.05) is 24.3 Å². The molecule has 3 aromatic rings. The van der Waals surface area contributed by atoms with Crippen LogP contribution in [0.5, 0.6) is 0 Å². The molecule has 1 amide bonds. The molecule has 0 spiro atoms. The number of nitrogens with one attached hydrogen (secondary N) is 2. The highest BCUT2D eigenvalue weighted by atomic mass is 19.1. The monoisotopic (exact) mass is 368 g/mol. The van der Waals surface area contributed by atoms with Gasteiger partial charge in [-0.15, -0.1) is 10.2 Å². The molecule has 5 nitrogen and oxygen atoms in total.